The van der Waals surface area contributed by atoms with Gasteiger partial charge < -0.3 is 4.18 Å². The SMILES string of the molecule is CCn1ncc(C(=O)c2ccc([N+](=O)[O-])c(C(C)=C(C)C)c2C)c1OS(=O)(=O)c1ccccc1. The molecule has 1 aromatic heterocycles. The first-order valence-corrected chi connectivity index (χ1v) is 11.9. The normalized spacial score (nSPS) is 11.2. The number of hydrogen-bond donors (Lipinski definition) is 0. The molecule has 3 aromatic rings. The van der Waals surface area contributed by atoms with Crippen LogP contribution in [0.3, 0.4) is 0 Å². The topological polar surface area (TPSA) is 121 Å². The van der Waals surface area contributed by atoms with Crippen molar-refractivity contribution in [3.8, 4) is 5.88 Å². The van der Waals surface area contributed by atoms with Crippen LogP contribution in [0, 0.1) is 17.0 Å². The molecule has 1 heterocycles. The summed E-state index contributed by atoms with van der Waals surface area (Å²) in [6, 6.07) is 10.2. The van der Waals surface area contributed by atoms with Gasteiger partial charge in [-0.3, -0.25) is 14.9 Å². The van der Waals surface area contributed by atoms with Crippen molar-refractivity contribution < 1.29 is 22.3 Å². The summed E-state index contributed by atoms with van der Waals surface area (Å²) in [5, 5.41) is 15.7. The lowest BCUT2D eigenvalue weighted by Gasteiger charge is -2.14. The Morgan fingerprint density at radius 2 is 1.74 bits per heavy atom. The lowest BCUT2D eigenvalue weighted by atomic mass is 9.90. The highest BCUT2D eigenvalue weighted by Crippen LogP contribution is 2.35. The summed E-state index contributed by atoms with van der Waals surface area (Å²) in [6.07, 6.45) is 1.25. The Hall–Kier alpha value is -3.79. The van der Waals surface area contributed by atoms with Crippen molar-refractivity contribution in [2.24, 2.45) is 0 Å². The molecule has 9 nitrogen and oxygen atoms in total. The third-order valence-electron chi connectivity index (χ3n) is 5.57. The average Bonchev–Trinajstić information content (AvgIpc) is 3.20. The van der Waals surface area contributed by atoms with Crippen LogP contribution >= 0.6 is 0 Å². The highest BCUT2D eigenvalue weighted by molar-refractivity contribution is 7.87. The third kappa shape index (κ3) is 4.62. The summed E-state index contributed by atoms with van der Waals surface area (Å²) in [7, 11) is -4.22. The molecule has 2 aromatic carbocycles. The summed E-state index contributed by atoms with van der Waals surface area (Å²) in [4.78, 5) is 24.6. The van der Waals surface area contributed by atoms with Crippen molar-refractivity contribution in [2.45, 2.75) is 46.1 Å². The van der Waals surface area contributed by atoms with Crippen LogP contribution in [0.25, 0.3) is 5.57 Å². The molecule has 34 heavy (non-hydrogen) atoms. The molecule has 0 N–H and O–H groups in total. The summed E-state index contributed by atoms with van der Waals surface area (Å²) in [5.74, 6) is -0.761. The second-order valence-corrected chi connectivity index (χ2v) is 9.42. The molecule has 0 aliphatic carbocycles. The number of aromatic nitrogens is 2. The number of ketones is 1. The number of nitro benzene ring substituents is 1. The maximum Gasteiger partial charge on any atom is 0.340 e. The summed E-state index contributed by atoms with van der Waals surface area (Å²) < 4.78 is 32.3. The predicted molar refractivity (Wildman–Crippen MR) is 127 cm³/mol. The van der Waals surface area contributed by atoms with Crippen LogP contribution in [0.1, 0.15) is 54.7 Å². The van der Waals surface area contributed by atoms with Crippen LogP contribution in [0.2, 0.25) is 0 Å². The first kappa shape index (κ1) is 24.8. The van der Waals surface area contributed by atoms with Gasteiger partial charge in [-0.1, -0.05) is 23.8 Å². The molecule has 0 amide bonds. The highest BCUT2D eigenvalue weighted by atomic mass is 32.2. The van der Waals surface area contributed by atoms with Crippen LogP contribution in [-0.2, 0) is 16.7 Å². The van der Waals surface area contributed by atoms with Gasteiger partial charge >= 0.3 is 10.1 Å². The Labute approximate surface area is 198 Å². The number of nitro groups is 1. The molecule has 0 bridgehead atoms. The number of benzene rings is 2. The van der Waals surface area contributed by atoms with Gasteiger partial charge in [-0.15, -0.1) is 0 Å². The number of nitrogens with zero attached hydrogens (tertiary/aromatic N) is 3. The lowest BCUT2D eigenvalue weighted by Crippen LogP contribution is -2.16. The van der Waals surface area contributed by atoms with Crippen molar-refractivity contribution in [1.29, 1.82) is 0 Å². The monoisotopic (exact) mass is 483 g/mol. The van der Waals surface area contributed by atoms with Gasteiger partial charge in [0.1, 0.15) is 10.5 Å². The van der Waals surface area contributed by atoms with Crippen molar-refractivity contribution in [3.05, 3.63) is 86.6 Å². The molecule has 3 rings (SSSR count). The Kier molecular flexibility index (Phi) is 7.01. The maximum absolute atomic E-state index is 13.6. The molecule has 10 heteroatoms. The third-order valence-corrected chi connectivity index (χ3v) is 6.79. The van der Waals surface area contributed by atoms with E-state index in [2.05, 4.69) is 5.10 Å². The van der Waals surface area contributed by atoms with Crippen LogP contribution in [0.15, 0.2) is 59.1 Å². The first-order chi connectivity index (χ1) is 16.0. The Morgan fingerprint density at radius 1 is 1.09 bits per heavy atom. The number of aryl methyl sites for hydroxylation is 1. The van der Waals surface area contributed by atoms with Gasteiger partial charge in [0.25, 0.3) is 5.69 Å². The van der Waals surface area contributed by atoms with Crippen LogP contribution in [-0.4, -0.2) is 28.9 Å². The molecule has 0 saturated carbocycles. The van der Waals surface area contributed by atoms with E-state index in [4.69, 9.17) is 4.18 Å². The summed E-state index contributed by atoms with van der Waals surface area (Å²) in [6.45, 7) is 9.05. The second-order valence-electron chi connectivity index (χ2n) is 7.87. The fourth-order valence-electron chi connectivity index (χ4n) is 3.55. The molecule has 0 aliphatic rings. The van der Waals surface area contributed by atoms with Crippen molar-refractivity contribution in [1.82, 2.24) is 9.78 Å². The minimum absolute atomic E-state index is 0.0564. The predicted octanol–water partition coefficient (Wildman–Crippen LogP) is 4.93. The van der Waals surface area contributed by atoms with Gasteiger partial charge in [0.05, 0.1) is 16.7 Å². The largest absolute Gasteiger partial charge is 0.358 e. The number of carbonyl (C=O) groups is 1. The maximum atomic E-state index is 13.6. The van der Waals surface area contributed by atoms with E-state index in [1.807, 2.05) is 13.8 Å². The van der Waals surface area contributed by atoms with Crippen molar-refractivity contribution in [2.75, 3.05) is 0 Å². The van der Waals surface area contributed by atoms with E-state index in [9.17, 15) is 23.3 Å². The van der Waals surface area contributed by atoms with E-state index < -0.39 is 20.8 Å². The zero-order valence-electron chi connectivity index (χ0n) is 19.5. The summed E-state index contributed by atoms with van der Waals surface area (Å²) >= 11 is 0. The molecular weight excluding hydrogens is 458 g/mol. The van der Waals surface area contributed by atoms with E-state index in [0.29, 0.717) is 16.7 Å². The number of hydrogen-bond acceptors (Lipinski definition) is 7. The molecule has 0 fully saturated rings. The average molecular weight is 484 g/mol. The van der Waals surface area contributed by atoms with Gasteiger partial charge in [0, 0.05) is 18.2 Å². The molecule has 0 unspecified atom stereocenters. The number of rotatable bonds is 8. The van der Waals surface area contributed by atoms with E-state index in [1.54, 1.807) is 39.0 Å². The minimum atomic E-state index is -4.22. The molecule has 0 radical (unpaired) electrons. The Bertz CT molecular complexity index is 1400. The van der Waals surface area contributed by atoms with Gasteiger partial charge in [0.2, 0.25) is 5.88 Å². The van der Waals surface area contributed by atoms with Gasteiger partial charge in [0.15, 0.2) is 5.78 Å². The van der Waals surface area contributed by atoms with Crippen molar-refractivity contribution >= 4 is 27.2 Å². The molecule has 0 aliphatic heterocycles. The smallest absolute Gasteiger partial charge is 0.340 e. The zero-order chi connectivity index (χ0) is 25.2. The number of allylic oxidation sites excluding steroid dienone is 2. The molecule has 0 spiro atoms. The second kappa shape index (κ2) is 9.60. The zero-order valence-corrected chi connectivity index (χ0v) is 20.3. The van der Waals surface area contributed by atoms with E-state index >= 15 is 0 Å². The summed E-state index contributed by atoms with van der Waals surface area (Å²) in [5.41, 5.74) is 2.36. The standard InChI is InChI=1S/C24H25N3O6S/c1-6-26-24(33-34(31,32)18-10-8-7-9-11-18)20(14-25-26)23(28)19-12-13-21(27(29)30)22(17(19)5)16(4)15(2)3/h7-14H,6H2,1-5H3. The first-order valence-electron chi connectivity index (χ1n) is 10.5. The highest BCUT2D eigenvalue weighted by Gasteiger charge is 2.29. The number of carbonyl (C=O) groups excluding carboxylic acids is 1. The Morgan fingerprint density at radius 3 is 2.29 bits per heavy atom. The fraction of sp³-hybridized carbons (Fsp3) is 0.250. The molecular formula is C24H25N3O6S. The Balaban J connectivity index is 2.16. The van der Waals surface area contributed by atoms with E-state index in [1.165, 1.54) is 35.1 Å². The lowest BCUT2D eigenvalue weighted by molar-refractivity contribution is -0.385. The van der Waals surface area contributed by atoms with Crippen molar-refractivity contribution in [3.63, 3.8) is 0 Å². The van der Waals surface area contributed by atoms with Crippen LogP contribution < -0.4 is 4.18 Å². The van der Waals surface area contributed by atoms with E-state index in [-0.39, 0.29) is 34.1 Å². The molecule has 178 valence electrons. The molecule has 0 saturated heterocycles. The van der Waals surface area contributed by atoms with Crippen LogP contribution in [0.5, 0.6) is 5.88 Å². The van der Waals surface area contributed by atoms with Gasteiger partial charge in [-0.05, 0) is 64.0 Å². The van der Waals surface area contributed by atoms with Gasteiger partial charge in [-0.2, -0.15) is 13.5 Å². The van der Waals surface area contributed by atoms with E-state index in [0.717, 1.165) is 5.57 Å². The molecule has 0 atom stereocenters. The fourth-order valence-corrected chi connectivity index (χ4v) is 4.52. The van der Waals surface area contributed by atoms with Crippen LogP contribution in [0.4, 0.5) is 5.69 Å². The van der Waals surface area contributed by atoms with Gasteiger partial charge in [-0.25, -0.2) is 4.68 Å². The minimum Gasteiger partial charge on any atom is -0.358 e. The quantitative estimate of drug-likeness (QED) is 0.193.